The zero-order valence-corrected chi connectivity index (χ0v) is 13.5. The van der Waals surface area contributed by atoms with Crippen molar-refractivity contribution < 1.29 is 9.59 Å². The van der Waals surface area contributed by atoms with E-state index in [1.54, 1.807) is 6.07 Å². The Bertz CT molecular complexity index is 841. The average molecular weight is 325 g/mol. The number of H-pyrrole nitrogens is 1. The highest BCUT2D eigenvalue weighted by Gasteiger charge is 2.24. The van der Waals surface area contributed by atoms with E-state index >= 15 is 0 Å². The molecule has 0 saturated heterocycles. The summed E-state index contributed by atoms with van der Waals surface area (Å²) in [6.07, 6.45) is 1.56. The van der Waals surface area contributed by atoms with Crippen molar-refractivity contribution in [1.82, 2.24) is 9.88 Å². The predicted octanol–water partition coefficient (Wildman–Crippen LogP) is 1.92. The Balaban J connectivity index is 1.92. The molecule has 0 unspecified atom stereocenters. The fourth-order valence-corrected chi connectivity index (χ4v) is 2.86. The van der Waals surface area contributed by atoms with Gasteiger partial charge in [0.15, 0.2) is 0 Å². The zero-order chi connectivity index (χ0) is 17.1. The molecule has 0 fully saturated rings. The van der Waals surface area contributed by atoms with Crippen LogP contribution in [0.4, 0.5) is 5.69 Å². The summed E-state index contributed by atoms with van der Waals surface area (Å²) >= 11 is 0. The van der Waals surface area contributed by atoms with Crippen LogP contribution in [0.1, 0.15) is 35.0 Å². The van der Waals surface area contributed by atoms with Gasteiger partial charge in [0.25, 0.3) is 5.91 Å². The van der Waals surface area contributed by atoms with Crippen LogP contribution in [-0.2, 0) is 17.8 Å². The monoisotopic (exact) mass is 325 g/mol. The third-order valence-electron chi connectivity index (χ3n) is 3.94. The Hall–Kier alpha value is -2.89. The molecule has 2 amide bonds. The number of nitrogens with one attached hydrogen (secondary N) is 2. The van der Waals surface area contributed by atoms with Crippen LogP contribution in [0.25, 0.3) is 0 Å². The smallest absolute Gasteiger partial charge is 0.254 e. The minimum absolute atomic E-state index is 0.0383. The van der Waals surface area contributed by atoms with Crippen LogP contribution in [0.3, 0.4) is 0 Å². The molecule has 0 atom stereocenters. The lowest BCUT2D eigenvalue weighted by Gasteiger charge is -2.19. The van der Waals surface area contributed by atoms with E-state index < -0.39 is 0 Å². The van der Waals surface area contributed by atoms with E-state index in [0.29, 0.717) is 18.5 Å². The van der Waals surface area contributed by atoms with Gasteiger partial charge in [0.2, 0.25) is 11.5 Å². The zero-order valence-electron chi connectivity index (χ0n) is 13.5. The number of carbonyl (C=O) groups is 2. The van der Waals surface area contributed by atoms with Crippen molar-refractivity contribution in [1.29, 1.82) is 0 Å². The van der Waals surface area contributed by atoms with Crippen molar-refractivity contribution in [2.24, 2.45) is 0 Å². The van der Waals surface area contributed by atoms with Crippen molar-refractivity contribution in [3.8, 4) is 0 Å². The number of hydrogen-bond acceptors (Lipinski definition) is 3. The summed E-state index contributed by atoms with van der Waals surface area (Å²) in [6, 6.07) is 10.4. The molecule has 1 aromatic carbocycles. The number of rotatable bonds is 3. The average Bonchev–Trinajstić information content (AvgIpc) is 2.71. The maximum atomic E-state index is 12.8. The van der Waals surface area contributed by atoms with Crippen molar-refractivity contribution >= 4 is 17.5 Å². The number of para-hydroxylation sites is 1. The minimum Gasteiger partial charge on any atom is -0.326 e. The second-order valence-corrected chi connectivity index (χ2v) is 5.88. The number of hydrogen-bond donors (Lipinski definition) is 2. The highest BCUT2D eigenvalue weighted by molar-refractivity contribution is 6.00. The summed E-state index contributed by atoms with van der Waals surface area (Å²) in [7, 11) is 0. The molecule has 3 rings (SSSR count). The van der Waals surface area contributed by atoms with Crippen molar-refractivity contribution in [3.05, 3.63) is 63.6 Å². The number of pyridine rings is 1. The molecule has 0 aliphatic carbocycles. The summed E-state index contributed by atoms with van der Waals surface area (Å²) in [5.74, 6) is -0.558. The molecule has 1 aromatic heterocycles. The first kappa shape index (κ1) is 16.0. The van der Waals surface area contributed by atoms with Gasteiger partial charge in [0.05, 0.1) is 0 Å². The molecule has 0 saturated carbocycles. The third kappa shape index (κ3) is 3.37. The lowest BCUT2D eigenvalue weighted by molar-refractivity contribution is -0.116. The van der Waals surface area contributed by atoms with Gasteiger partial charge in [0, 0.05) is 29.6 Å². The molecule has 0 radical (unpaired) electrons. The second kappa shape index (κ2) is 6.70. The van der Waals surface area contributed by atoms with Gasteiger partial charge in [-0.3, -0.25) is 14.4 Å². The van der Waals surface area contributed by atoms with Crippen molar-refractivity contribution in [2.45, 2.75) is 26.3 Å². The molecular weight excluding hydrogens is 306 g/mol. The van der Waals surface area contributed by atoms with Crippen LogP contribution in [-0.4, -0.2) is 28.2 Å². The summed E-state index contributed by atoms with van der Waals surface area (Å²) in [5, 5.41) is 2.80. The molecule has 0 spiro atoms. The summed E-state index contributed by atoms with van der Waals surface area (Å²) in [4.78, 5) is 40.9. The highest BCUT2D eigenvalue weighted by Crippen LogP contribution is 2.21. The van der Waals surface area contributed by atoms with Crippen LogP contribution in [0.15, 0.2) is 41.2 Å². The predicted molar refractivity (Wildman–Crippen MR) is 90.9 cm³/mol. The molecule has 24 heavy (non-hydrogen) atoms. The van der Waals surface area contributed by atoms with E-state index in [1.807, 2.05) is 31.2 Å². The summed E-state index contributed by atoms with van der Waals surface area (Å²) < 4.78 is 0. The van der Waals surface area contributed by atoms with Crippen LogP contribution in [0, 0.1) is 0 Å². The molecule has 6 nitrogen and oxygen atoms in total. The maximum absolute atomic E-state index is 12.8. The fourth-order valence-electron chi connectivity index (χ4n) is 2.86. The van der Waals surface area contributed by atoms with Crippen LogP contribution < -0.4 is 10.9 Å². The first-order valence-electron chi connectivity index (χ1n) is 7.97. The van der Waals surface area contributed by atoms with Crippen LogP contribution >= 0.6 is 0 Å². The van der Waals surface area contributed by atoms with E-state index in [0.717, 1.165) is 23.4 Å². The van der Waals surface area contributed by atoms with Gasteiger partial charge in [-0.1, -0.05) is 31.5 Å². The minimum atomic E-state index is -0.315. The fraction of sp³-hybridized carbons (Fsp3) is 0.278. The number of carbonyl (C=O) groups excluding carboxylic acids is 2. The largest absolute Gasteiger partial charge is 0.326 e. The van der Waals surface area contributed by atoms with Crippen molar-refractivity contribution in [2.75, 3.05) is 11.9 Å². The molecular formula is C18H19N3O3. The number of nitrogens with zero attached hydrogens (tertiary/aromatic N) is 1. The van der Waals surface area contributed by atoms with Gasteiger partial charge in [-0.25, -0.2) is 0 Å². The number of aromatic nitrogens is 1. The standard InChI is InChI=1S/C18H19N3O3/c1-2-5-14-8-13(9-16(22)19-14)18(24)21-10-12-6-3-4-7-15(12)20-17(23)11-21/h3-4,6-9H,2,5,10-11H2,1H3,(H,19,22)(H,20,23). The summed E-state index contributed by atoms with van der Waals surface area (Å²) in [5.41, 5.74) is 2.33. The van der Waals surface area contributed by atoms with E-state index in [9.17, 15) is 14.4 Å². The number of benzene rings is 1. The number of anilines is 1. The molecule has 2 heterocycles. The maximum Gasteiger partial charge on any atom is 0.254 e. The molecule has 124 valence electrons. The van der Waals surface area contributed by atoms with Gasteiger partial charge in [0.1, 0.15) is 6.54 Å². The highest BCUT2D eigenvalue weighted by atomic mass is 16.2. The van der Waals surface area contributed by atoms with Crippen molar-refractivity contribution in [3.63, 3.8) is 0 Å². The van der Waals surface area contributed by atoms with E-state index in [1.165, 1.54) is 11.0 Å². The number of aromatic amines is 1. The molecule has 0 bridgehead atoms. The SMILES string of the molecule is CCCc1cc(C(=O)N2CC(=O)Nc3ccccc3C2)cc(=O)[nH]1. The molecule has 1 aliphatic heterocycles. The Morgan fingerprint density at radius 1 is 1.17 bits per heavy atom. The molecule has 2 N–H and O–H groups in total. The van der Waals surface area contributed by atoms with E-state index in [2.05, 4.69) is 10.3 Å². The van der Waals surface area contributed by atoms with Gasteiger partial charge in [-0.15, -0.1) is 0 Å². The topological polar surface area (TPSA) is 82.3 Å². The Kier molecular flexibility index (Phi) is 4.46. The Morgan fingerprint density at radius 2 is 1.96 bits per heavy atom. The van der Waals surface area contributed by atoms with Gasteiger partial charge in [-0.2, -0.15) is 0 Å². The lowest BCUT2D eigenvalue weighted by atomic mass is 10.1. The van der Waals surface area contributed by atoms with Crippen LogP contribution in [0.5, 0.6) is 0 Å². The molecule has 1 aliphatic rings. The summed E-state index contributed by atoms with van der Waals surface area (Å²) in [6.45, 7) is 2.29. The number of fused-ring (bicyclic) bond motifs is 1. The first-order valence-corrected chi connectivity index (χ1v) is 7.97. The van der Waals surface area contributed by atoms with E-state index in [-0.39, 0.29) is 23.9 Å². The first-order chi connectivity index (χ1) is 11.6. The Labute approximate surface area is 139 Å². The third-order valence-corrected chi connectivity index (χ3v) is 3.94. The number of amides is 2. The van der Waals surface area contributed by atoms with Crippen LogP contribution in [0.2, 0.25) is 0 Å². The van der Waals surface area contributed by atoms with Gasteiger partial charge < -0.3 is 15.2 Å². The van der Waals surface area contributed by atoms with Gasteiger partial charge in [-0.05, 0) is 24.1 Å². The second-order valence-electron chi connectivity index (χ2n) is 5.88. The van der Waals surface area contributed by atoms with Gasteiger partial charge >= 0.3 is 0 Å². The molecule has 2 aromatic rings. The normalized spacial score (nSPS) is 13.9. The van der Waals surface area contributed by atoms with E-state index in [4.69, 9.17) is 0 Å². The number of aryl methyl sites for hydroxylation is 1. The Morgan fingerprint density at radius 3 is 2.75 bits per heavy atom. The lowest BCUT2D eigenvalue weighted by Crippen LogP contribution is -2.35. The molecule has 6 heteroatoms. The quantitative estimate of drug-likeness (QED) is 0.904.